The second-order valence-corrected chi connectivity index (χ2v) is 4.67. The lowest BCUT2D eigenvalue weighted by atomic mass is 10.1. The maximum Gasteiger partial charge on any atom is 0.337 e. The number of amides is 1. The predicted octanol–water partition coefficient (Wildman–Crippen LogP) is 2.20. The van der Waals surface area contributed by atoms with E-state index in [1.54, 1.807) is 13.0 Å². The molecule has 0 saturated heterocycles. The Balaban J connectivity index is 2.23. The van der Waals surface area contributed by atoms with Crippen molar-refractivity contribution >= 4 is 23.3 Å². The summed E-state index contributed by atoms with van der Waals surface area (Å²) in [5.41, 5.74) is 0.668. The predicted molar refractivity (Wildman–Crippen MR) is 82.8 cm³/mol. The summed E-state index contributed by atoms with van der Waals surface area (Å²) in [6.07, 6.45) is 1.14. The number of ether oxygens (including phenoxy) is 1. The van der Waals surface area contributed by atoms with Crippen LogP contribution in [0.2, 0.25) is 0 Å². The zero-order valence-electron chi connectivity index (χ0n) is 12.9. The lowest BCUT2D eigenvalue weighted by Gasteiger charge is -2.06. The van der Waals surface area contributed by atoms with Crippen LogP contribution in [0.1, 0.15) is 21.6 Å². The number of aliphatic hydroxyl groups is 1. The lowest BCUT2D eigenvalue weighted by molar-refractivity contribution is -0.112. The number of hydrogen-bond acceptors (Lipinski definition) is 7. The molecule has 0 aliphatic rings. The molecule has 1 aromatic carbocycles. The molecule has 0 bridgehead atoms. The minimum absolute atomic E-state index is 0.155. The van der Waals surface area contributed by atoms with Crippen LogP contribution in [-0.4, -0.2) is 29.2 Å². The van der Waals surface area contributed by atoms with Gasteiger partial charge < -0.3 is 19.7 Å². The van der Waals surface area contributed by atoms with Crippen molar-refractivity contribution in [2.45, 2.75) is 6.92 Å². The fourth-order valence-electron chi connectivity index (χ4n) is 1.87. The van der Waals surface area contributed by atoms with Crippen LogP contribution < -0.4 is 5.32 Å². The number of methoxy groups -OCH3 is 1. The van der Waals surface area contributed by atoms with Gasteiger partial charge in [-0.15, -0.1) is 0 Å². The molecule has 0 saturated carbocycles. The Bertz CT molecular complexity index is 843. The van der Waals surface area contributed by atoms with Crippen LogP contribution in [0, 0.1) is 18.3 Å². The highest BCUT2D eigenvalue weighted by atomic mass is 16.5. The fourth-order valence-corrected chi connectivity index (χ4v) is 1.87. The van der Waals surface area contributed by atoms with Crippen molar-refractivity contribution in [1.29, 1.82) is 5.26 Å². The van der Waals surface area contributed by atoms with Gasteiger partial charge in [-0.3, -0.25) is 4.79 Å². The molecular weight excluding hydrogens is 314 g/mol. The number of aryl methyl sites for hydroxylation is 1. The average molecular weight is 327 g/mol. The van der Waals surface area contributed by atoms with E-state index in [9.17, 15) is 14.7 Å². The molecule has 1 amide bonds. The molecule has 0 atom stereocenters. The van der Waals surface area contributed by atoms with Crippen molar-refractivity contribution in [2.75, 3.05) is 12.4 Å². The van der Waals surface area contributed by atoms with Gasteiger partial charge in [-0.1, -0.05) is 5.16 Å². The van der Waals surface area contributed by atoms with Crippen molar-refractivity contribution in [3.8, 4) is 6.07 Å². The Labute approximate surface area is 136 Å². The van der Waals surface area contributed by atoms with E-state index in [4.69, 9.17) is 5.26 Å². The summed E-state index contributed by atoms with van der Waals surface area (Å²) in [5.74, 6) is -1.84. The van der Waals surface area contributed by atoms with Gasteiger partial charge in [0, 0.05) is 5.69 Å². The van der Waals surface area contributed by atoms with Crippen LogP contribution in [0.5, 0.6) is 0 Å². The number of benzene rings is 1. The van der Waals surface area contributed by atoms with E-state index in [-0.39, 0.29) is 5.56 Å². The van der Waals surface area contributed by atoms with Crippen molar-refractivity contribution in [1.82, 2.24) is 5.16 Å². The number of aromatic nitrogens is 1. The molecule has 0 fully saturated rings. The number of anilines is 1. The topological polar surface area (TPSA) is 125 Å². The molecule has 0 unspecified atom stereocenters. The largest absolute Gasteiger partial charge is 0.506 e. The molecule has 0 aliphatic carbocycles. The fraction of sp³-hybridized carbons (Fsp3) is 0.125. The maximum atomic E-state index is 12.2. The molecule has 2 aromatic rings. The highest BCUT2D eigenvalue weighted by molar-refractivity contribution is 6.11. The average Bonchev–Trinajstić information content (AvgIpc) is 3.01. The summed E-state index contributed by atoms with van der Waals surface area (Å²) in [7, 11) is 1.26. The third-order valence-electron chi connectivity index (χ3n) is 3.14. The lowest BCUT2D eigenvalue weighted by Crippen LogP contribution is -2.15. The standard InChI is InChI=1S/C16H13N3O5/c1-9-13(8-24-19-9)14(20)12(7-17)15(21)18-11-5-3-10(4-6-11)16(22)23-2/h3-6,8,20H,1-2H3,(H,18,21)/b14-12-. The number of nitriles is 1. The number of carbonyl (C=O) groups excluding carboxylic acids is 2. The van der Waals surface area contributed by atoms with Gasteiger partial charge in [0.15, 0.2) is 11.3 Å². The smallest absolute Gasteiger partial charge is 0.337 e. The SMILES string of the molecule is COC(=O)c1ccc(NC(=O)/C(C#N)=C(\O)c2conc2C)cc1. The summed E-state index contributed by atoms with van der Waals surface area (Å²) < 4.78 is 9.25. The van der Waals surface area contributed by atoms with Crippen LogP contribution in [0.15, 0.2) is 40.6 Å². The molecule has 8 nitrogen and oxygen atoms in total. The zero-order valence-corrected chi connectivity index (χ0v) is 12.9. The number of rotatable bonds is 4. The Morgan fingerprint density at radius 1 is 1.33 bits per heavy atom. The first-order valence-electron chi connectivity index (χ1n) is 6.72. The number of hydrogen-bond donors (Lipinski definition) is 2. The first-order valence-corrected chi connectivity index (χ1v) is 6.72. The summed E-state index contributed by atoms with van der Waals surface area (Å²) in [5, 5.41) is 25.3. The van der Waals surface area contributed by atoms with Gasteiger partial charge in [-0.05, 0) is 31.2 Å². The van der Waals surface area contributed by atoms with Crippen LogP contribution in [0.3, 0.4) is 0 Å². The second-order valence-electron chi connectivity index (χ2n) is 4.67. The number of nitrogens with zero attached hydrogens (tertiary/aromatic N) is 2. The molecule has 2 N–H and O–H groups in total. The van der Waals surface area contributed by atoms with Crippen LogP contribution >= 0.6 is 0 Å². The first kappa shape index (κ1) is 16.8. The molecule has 0 aliphatic heterocycles. The summed E-state index contributed by atoms with van der Waals surface area (Å²) in [4.78, 5) is 23.5. The van der Waals surface area contributed by atoms with Gasteiger partial charge in [0.25, 0.3) is 5.91 Å². The molecule has 8 heteroatoms. The first-order chi connectivity index (χ1) is 11.5. The summed E-state index contributed by atoms with van der Waals surface area (Å²) in [6.45, 7) is 1.56. The van der Waals surface area contributed by atoms with Gasteiger partial charge >= 0.3 is 5.97 Å². The normalized spacial score (nSPS) is 11.2. The van der Waals surface area contributed by atoms with Crippen molar-refractivity contribution < 1.29 is 24.0 Å². The highest BCUT2D eigenvalue weighted by Gasteiger charge is 2.20. The van der Waals surface area contributed by atoms with Gasteiger partial charge in [0.05, 0.1) is 23.9 Å². The van der Waals surface area contributed by atoms with Crippen LogP contribution in [-0.2, 0) is 9.53 Å². The third kappa shape index (κ3) is 3.41. The second kappa shape index (κ2) is 7.11. The summed E-state index contributed by atoms with van der Waals surface area (Å²) in [6, 6.07) is 7.52. The number of aliphatic hydroxyl groups excluding tert-OH is 1. The molecule has 0 spiro atoms. The van der Waals surface area contributed by atoms with E-state index in [0.29, 0.717) is 16.9 Å². The highest BCUT2D eigenvalue weighted by Crippen LogP contribution is 2.20. The molecule has 1 heterocycles. The van der Waals surface area contributed by atoms with Crippen molar-refractivity contribution in [3.63, 3.8) is 0 Å². The molecule has 24 heavy (non-hydrogen) atoms. The van der Waals surface area contributed by atoms with E-state index in [2.05, 4.69) is 19.7 Å². The molecular formula is C16H13N3O5. The van der Waals surface area contributed by atoms with E-state index in [1.807, 2.05) is 0 Å². The summed E-state index contributed by atoms with van der Waals surface area (Å²) >= 11 is 0. The molecule has 1 aromatic heterocycles. The molecule has 0 radical (unpaired) electrons. The minimum Gasteiger partial charge on any atom is -0.506 e. The van der Waals surface area contributed by atoms with Gasteiger partial charge in [-0.25, -0.2) is 4.79 Å². The Morgan fingerprint density at radius 3 is 2.50 bits per heavy atom. The minimum atomic E-state index is -0.804. The van der Waals surface area contributed by atoms with E-state index in [1.165, 1.54) is 31.4 Å². The zero-order chi connectivity index (χ0) is 17.7. The third-order valence-corrected chi connectivity index (χ3v) is 3.14. The van der Waals surface area contributed by atoms with Crippen molar-refractivity contribution in [2.24, 2.45) is 0 Å². The van der Waals surface area contributed by atoms with E-state index < -0.39 is 23.2 Å². The molecule has 122 valence electrons. The monoisotopic (exact) mass is 327 g/mol. The Morgan fingerprint density at radius 2 is 2.00 bits per heavy atom. The molecule has 2 rings (SSSR count). The Kier molecular flexibility index (Phi) is 4.96. The number of nitrogens with one attached hydrogen (secondary N) is 1. The van der Waals surface area contributed by atoms with Crippen LogP contribution in [0.25, 0.3) is 5.76 Å². The van der Waals surface area contributed by atoms with E-state index >= 15 is 0 Å². The number of esters is 1. The Hall–Kier alpha value is -3.60. The van der Waals surface area contributed by atoms with Crippen molar-refractivity contribution in [3.05, 3.63) is 52.9 Å². The quantitative estimate of drug-likeness (QED) is 0.381. The van der Waals surface area contributed by atoms with Gasteiger partial charge in [0.1, 0.15) is 12.3 Å². The van der Waals surface area contributed by atoms with Crippen LogP contribution in [0.4, 0.5) is 5.69 Å². The number of carbonyl (C=O) groups is 2. The van der Waals surface area contributed by atoms with E-state index in [0.717, 1.165) is 6.26 Å². The van der Waals surface area contributed by atoms with Gasteiger partial charge in [0.2, 0.25) is 0 Å². The van der Waals surface area contributed by atoms with Gasteiger partial charge in [-0.2, -0.15) is 5.26 Å². The maximum absolute atomic E-state index is 12.2.